The molecule has 0 aromatic heterocycles. The molecule has 4 aliphatic rings. The van der Waals surface area contributed by atoms with E-state index < -0.39 is 0 Å². The number of hydrogen-bond donors (Lipinski definition) is 3. The van der Waals surface area contributed by atoms with Gasteiger partial charge in [-0.2, -0.15) is 0 Å². The second kappa shape index (κ2) is 22.7. The third-order valence-corrected chi connectivity index (χ3v) is 15.0. The highest BCUT2D eigenvalue weighted by atomic mass is 16.6. The van der Waals surface area contributed by atoms with Gasteiger partial charge >= 0.3 is 6.09 Å². The summed E-state index contributed by atoms with van der Waals surface area (Å²) in [5.74, 6) is 4.76. The van der Waals surface area contributed by atoms with E-state index in [9.17, 15) is 14.4 Å². The lowest BCUT2D eigenvalue weighted by atomic mass is 9.47. The molecule has 0 spiro atoms. The molecule has 0 aromatic carbocycles. The number of carbonyl (C=O) groups is 3. The Balaban J connectivity index is 1.21. The van der Waals surface area contributed by atoms with Crippen LogP contribution in [0.15, 0.2) is 11.6 Å². The van der Waals surface area contributed by atoms with Gasteiger partial charge in [0.2, 0.25) is 11.8 Å². The molecule has 8 atom stereocenters. The van der Waals surface area contributed by atoms with Crippen LogP contribution in [0.3, 0.4) is 0 Å². The molecule has 0 unspecified atom stereocenters. The van der Waals surface area contributed by atoms with Gasteiger partial charge < -0.3 is 26.0 Å². The zero-order valence-electron chi connectivity index (χ0n) is 36.4. The van der Waals surface area contributed by atoms with Crippen molar-refractivity contribution in [2.75, 3.05) is 32.7 Å². The predicted octanol–water partition coefficient (Wildman–Crippen LogP) is 10.3. The number of hydrogen-bond acceptors (Lipinski definition) is 5. The second-order valence-electron chi connectivity index (χ2n) is 19.4. The molecule has 3 fully saturated rings. The number of carbonyl (C=O) groups excluding carboxylic acids is 3. The first-order chi connectivity index (χ1) is 26.4. The number of allylic oxidation sites excluding steroid dienone is 1. The van der Waals surface area contributed by atoms with Crippen molar-refractivity contribution in [2.24, 2.45) is 52.1 Å². The van der Waals surface area contributed by atoms with Crippen molar-refractivity contribution in [3.63, 3.8) is 0 Å². The van der Waals surface area contributed by atoms with E-state index in [2.05, 4.69) is 58.3 Å². The quantitative estimate of drug-likeness (QED) is 0.0668. The SMILES string of the molecule is CCCCCCCCCCC(=O)N(CCCNC(=O)O[C@H]1CC[C@@]2(C)C(=CC[C@H]3[C@@H]4CC[C@H]([C@H](C)CCCC(C)C)[C@@]4(C)CC[C@@H]32)C1)CC(=O)NCCCN. The molecule has 4 rings (SSSR count). The van der Waals surface area contributed by atoms with Crippen molar-refractivity contribution in [1.82, 2.24) is 15.5 Å². The summed E-state index contributed by atoms with van der Waals surface area (Å²) < 4.78 is 6.03. The maximum Gasteiger partial charge on any atom is 0.407 e. The van der Waals surface area contributed by atoms with Gasteiger partial charge in [0.25, 0.3) is 0 Å². The van der Waals surface area contributed by atoms with Gasteiger partial charge in [0.1, 0.15) is 6.10 Å². The average Bonchev–Trinajstić information content (AvgIpc) is 3.51. The van der Waals surface area contributed by atoms with E-state index in [1.165, 1.54) is 89.0 Å². The Hall–Kier alpha value is -2.09. The van der Waals surface area contributed by atoms with Crippen molar-refractivity contribution >= 4 is 17.9 Å². The van der Waals surface area contributed by atoms with Gasteiger partial charge in [-0.25, -0.2) is 4.79 Å². The fraction of sp³-hybridized carbons (Fsp3) is 0.894. The minimum Gasteiger partial charge on any atom is -0.446 e. The van der Waals surface area contributed by atoms with Gasteiger partial charge in [0.15, 0.2) is 0 Å². The van der Waals surface area contributed by atoms with Gasteiger partial charge in [-0.05, 0) is 117 Å². The minimum atomic E-state index is -0.368. The number of amides is 3. The number of nitrogens with two attached hydrogens (primary N) is 1. The summed E-state index contributed by atoms with van der Waals surface area (Å²) >= 11 is 0. The van der Waals surface area contributed by atoms with Crippen LogP contribution in [0.1, 0.15) is 183 Å². The molecule has 0 heterocycles. The van der Waals surface area contributed by atoms with E-state index in [1.807, 2.05) is 0 Å². The van der Waals surface area contributed by atoms with Gasteiger partial charge in [0.05, 0.1) is 6.54 Å². The number of alkyl carbamates (subject to hydrolysis) is 1. The number of ether oxygens (including phenoxy) is 1. The van der Waals surface area contributed by atoms with Crippen molar-refractivity contribution in [1.29, 1.82) is 0 Å². The van der Waals surface area contributed by atoms with E-state index in [0.29, 0.717) is 50.9 Å². The molecule has 3 amide bonds. The summed E-state index contributed by atoms with van der Waals surface area (Å²) in [6.45, 7) is 16.6. The Labute approximate surface area is 337 Å². The molecule has 4 aliphatic carbocycles. The fourth-order valence-corrected chi connectivity index (χ4v) is 11.8. The van der Waals surface area contributed by atoms with Crippen molar-refractivity contribution in [2.45, 2.75) is 189 Å². The van der Waals surface area contributed by atoms with Crippen molar-refractivity contribution in [3.8, 4) is 0 Å². The molecule has 3 saturated carbocycles. The molecule has 8 nitrogen and oxygen atoms in total. The Kier molecular flexibility index (Phi) is 18.9. The maximum atomic E-state index is 13.2. The predicted molar refractivity (Wildman–Crippen MR) is 226 cm³/mol. The van der Waals surface area contributed by atoms with E-state index in [1.54, 1.807) is 4.90 Å². The van der Waals surface area contributed by atoms with Crippen LogP contribution >= 0.6 is 0 Å². The summed E-state index contributed by atoms with van der Waals surface area (Å²) in [4.78, 5) is 40.4. The zero-order chi connectivity index (χ0) is 39.8. The van der Waals surface area contributed by atoms with Crippen LogP contribution in [0.4, 0.5) is 4.79 Å². The van der Waals surface area contributed by atoms with Crippen LogP contribution in [0, 0.1) is 46.3 Å². The Morgan fingerprint density at radius 2 is 1.58 bits per heavy atom. The second-order valence-corrected chi connectivity index (χ2v) is 19.4. The Morgan fingerprint density at radius 1 is 0.855 bits per heavy atom. The first-order valence-corrected chi connectivity index (χ1v) is 23.3. The molecule has 0 aromatic rings. The third kappa shape index (κ3) is 13.0. The summed E-state index contributed by atoms with van der Waals surface area (Å²) in [5.41, 5.74) is 7.84. The lowest BCUT2D eigenvalue weighted by Crippen LogP contribution is -2.51. The van der Waals surface area contributed by atoms with Crippen LogP contribution in [-0.4, -0.2) is 61.6 Å². The number of unbranched alkanes of at least 4 members (excludes halogenated alkanes) is 7. The molecule has 4 N–H and O–H groups in total. The molecular weight excluding hydrogens is 685 g/mol. The number of rotatable bonds is 24. The van der Waals surface area contributed by atoms with Gasteiger partial charge in [-0.3, -0.25) is 9.59 Å². The number of fused-ring (bicyclic) bond motifs is 5. The molecular formula is C47H84N4O4. The highest BCUT2D eigenvalue weighted by Gasteiger charge is 2.59. The summed E-state index contributed by atoms with van der Waals surface area (Å²) in [6, 6.07) is 0. The standard InChI is InChI=1S/C47H84N4O4/c1-7-8-9-10-11-12-13-14-20-44(53)51(34-43(52)49-30-16-29-48)32-17-31-50-45(54)55-38-25-27-46(5)37(33-38)21-22-39-41-24-23-40(36(4)19-15-18-35(2)3)47(41,6)28-26-42(39)46/h21,35-36,38-42H,7-20,22-34,48H2,1-6H3,(H,49,52)(H,50,54)/t36-,38+,39+,40-,41+,42+,46+,47-/m1/s1. The number of nitrogens with one attached hydrogen (secondary N) is 2. The van der Waals surface area contributed by atoms with Crippen LogP contribution in [-0.2, 0) is 14.3 Å². The van der Waals surface area contributed by atoms with Crippen molar-refractivity contribution < 1.29 is 19.1 Å². The summed E-state index contributed by atoms with van der Waals surface area (Å²) in [5, 5.41) is 5.83. The molecule has 0 aliphatic heterocycles. The van der Waals surface area contributed by atoms with Gasteiger partial charge in [-0.15, -0.1) is 0 Å². The van der Waals surface area contributed by atoms with Crippen molar-refractivity contribution in [3.05, 3.63) is 11.6 Å². The first-order valence-electron chi connectivity index (χ1n) is 23.3. The zero-order valence-corrected chi connectivity index (χ0v) is 36.4. The van der Waals surface area contributed by atoms with Crippen LogP contribution in [0.2, 0.25) is 0 Å². The fourth-order valence-electron chi connectivity index (χ4n) is 11.8. The molecule has 8 heteroatoms. The van der Waals surface area contributed by atoms with Gasteiger partial charge in [0, 0.05) is 32.5 Å². The number of nitrogens with zero attached hydrogens (tertiary/aromatic N) is 1. The largest absolute Gasteiger partial charge is 0.446 e. The summed E-state index contributed by atoms with van der Waals surface area (Å²) in [6.07, 6.45) is 27.0. The lowest BCUT2D eigenvalue weighted by molar-refractivity contribution is -0.136. The van der Waals surface area contributed by atoms with Crippen LogP contribution < -0.4 is 16.4 Å². The normalized spacial score (nSPS) is 29.1. The third-order valence-electron chi connectivity index (χ3n) is 15.0. The molecule has 0 bridgehead atoms. The topological polar surface area (TPSA) is 114 Å². The highest BCUT2D eigenvalue weighted by Crippen LogP contribution is 2.67. The lowest BCUT2D eigenvalue weighted by Gasteiger charge is -2.58. The molecule has 55 heavy (non-hydrogen) atoms. The Bertz CT molecular complexity index is 1220. The maximum absolute atomic E-state index is 13.2. The van der Waals surface area contributed by atoms with Crippen LogP contribution in [0.5, 0.6) is 0 Å². The van der Waals surface area contributed by atoms with E-state index in [4.69, 9.17) is 10.5 Å². The Morgan fingerprint density at radius 3 is 2.31 bits per heavy atom. The first kappa shape index (κ1) is 45.6. The molecule has 0 radical (unpaired) electrons. The van der Waals surface area contributed by atoms with E-state index in [0.717, 1.165) is 74.0 Å². The summed E-state index contributed by atoms with van der Waals surface area (Å²) in [7, 11) is 0. The van der Waals surface area contributed by atoms with Gasteiger partial charge in [-0.1, -0.05) is 117 Å². The smallest absolute Gasteiger partial charge is 0.407 e. The van der Waals surface area contributed by atoms with Crippen LogP contribution in [0.25, 0.3) is 0 Å². The van der Waals surface area contributed by atoms with E-state index in [-0.39, 0.29) is 36.0 Å². The highest BCUT2D eigenvalue weighted by molar-refractivity contribution is 5.84. The van der Waals surface area contributed by atoms with E-state index >= 15 is 0 Å². The average molecular weight is 769 g/mol. The molecule has 316 valence electrons. The minimum absolute atomic E-state index is 0.0118. The molecule has 0 saturated heterocycles. The monoisotopic (exact) mass is 769 g/mol.